The Bertz CT molecular complexity index is 678. The standard InChI is InChI=1S/C15H11ClF3NO/c1-10-8-13(16)5-2-11(10)9-20(21)14-6-3-12(4-7-14)15(17,18)19/h2-9H,1H3. The number of hydrogen-bond donors (Lipinski definition) is 0. The Morgan fingerprint density at radius 3 is 2.24 bits per heavy atom. The minimum Gasteiger partial charge on any atom is -0.618 e. The van der Waals surface area contributed by atoms with Crippen LogP contribution in [0.3, 0.4) is 0 Å². The first-order chi connectivity index (χ1) is 9.77. The highest BCUT2D eigenvalue weighted by Gasteiger charge is 2.30. The highest BCUT2D eigenvalue weighted by molar-refractivity contribution is 6.30. The molecule has 0 heterocycles. The summed E-state index contributed by atoms with van der Waals surface area (Å²) in [5.41, 5.74) is 0.782. The summed E-state index contributed by atoms with van der Waals surface area (Å²) in [4.78, 5) is 0. The van der Waals surface area contributed by atoms with Gasteiger partial charge in [-0.05, 0) is 42.8 Å². The average Bonchev–Trinajstić information content (AvgIpc) is 2.41. The monoisotopic (exact) mass is 313 g/mol. The van der Waals surface area contributed by atoms with Crippen molar-refractivity contribution in [3.63, 3.8) is 0 Å². The minimum atomic E-state index is -4.41. The molecule has 0 bridgehead atoms. The zero-order valence-electron chi connectivity index (χ0n) is 11.0. The fourth-order valence-corrected chi connectivity index (χ4v) is 2.01. The van der Waals surface area contributed by atoms with Gasteiger partial charge in [0.15, 0.2) is 6.21 Å². The predicted molar refractivity (Wildman–Crippen MR) is 76.1 cm³/mol. The normalized spacial score (nSPS) is 12.5. The maximum atomic E-state index is 12.4. The molecule has 0 atom stereocenters. The SMILES string of the molecule is Cc1cc(Cl)ccc1C=[N+]([O-])c1ccc(C(F)(F)F)cc1. The summed E-state index contributed by atoms with van der Waals surface area (Å²) in [5.74, 6) is 0. The largest absolute Gasteiger partial charge is 0.618 e. The van der Waals surface area contributed by atoms with Crippen LogP contribution in [-0.2, 0) is 6.18 Å². The van der Waals surface area contributed by atoms with Gasteiger partial charge >= 0.3 is 6.18 Å². The van der Waals surface area contributed by atoms with E-state index >= 15 is 0 Å². The smallest absolute Gasteiger partial charge is 0.416 e. The van der Waals surface area contributed by atoms with Gasteiger partial charge < -0.3 is 5.21 Å². The minimum absolute atomic E-state index is 0.123. The quantitative estimate of drug-likeness (QED) is 0.334. The number of benzene rings is 2. The topological polar surface area (TPSA) is 26.1 Å². The zero-order chi connectivity index (χ0) is 15.6. The van der Waals surface area contributed by atoms with Crippen LogP contribution in [0.1, 0.15) is 16.7 Å². The van der Waals surface area contributed by atoms with Gasteiger partial charge in [-0.2, -0.15) is 17.9 Å². The van der Waals surface area contributed by atoms with Gasteiger partial charge in [0.05, 0.1) is 5.56 Å². The molecule has 2 aromatic rings. The Morgan fingerprint density at radius 2 is 1.71 bits per heavy atom. The number of hydrogen-bond acceptors (Lipinski definition) is 1. The Morgan fingerprint density at radius 1 is 1.10 bits per heavy atom. The molecule has 0 unspecified atom stereocenters. The van der Waals surface area contributed by atoms with E-state index in [1.807, 2.05) is 0 Å². The first-order valence-electron chi connectivity index (χ1n) is 6.02. The molecule has 0 radical (unpaired) electrons. The molecular weight excluding hydrogens is 303 g/mol. The molecule has 110 valence electrons. The Balaban J connectivity index is 2.31. The first kappa shape index (κ1) is 15.4. The summed E-state index contributed by atoms with van der Waals surface area (Å²) < 4.78 is 37.9. The van der Waals surface area contributed by atoms with Crippen molar-refractivity contribution in [3.8, 4) is 0 Å². The molecule has 0 N–H and O–H groups in total. The second kappa shape index (κ2) is 5.77. The summed E-state index contributed by atoms with van der Waals surface area (Å²) in [6.45, 7) is 1.79. The molecule has 0 aliphatic rings. The molecule has 6 heteroatoms. The van der Waals surface area contributed by atoms with Gasteiger partial charge in [0, 0.05) is 22.7 Å². The van der Waals surface area contributed by atoms with Crippen LogP contribution in [0, 0.1) is 12.1 Å². The molecule has 0 fully saturated rings. The third-order valence-electron chi connectivity index (χ3n) is 2.94. The van der Waals surface area contributed by atoms with E-state index in [2.05, 4.69) is 0 Å². The van der Waals surface area contributed by atoms with Crippen LogP contribution >= 0.6 is 11.6 Å². The van der Waals surface area contributed by atoms with Crippen molar-refractivity contribution in [2.24, 2.45) is 0 Å². The average molecular weight is 314 g/mol. The van der Waals surface area contributed by atoms with Crippen molar-refractivity contribution < 1.29 is 17.9 Å². The van der Waals surface area contributed by atoms with Gasteiger partial charge in [0.25, 0.3) is 0 Å². The molecule has 2 rings (SSSR count). The fourth-order valence-electron chi connectivity index (χ4n) is 1.78. The summed E-state index contributed by atoms with van der Waals surface area (Å²) in [6, 6.07) is 9.04. The van der Waals surface area contributed by atoms with Crippen LogP contribution < -0.4 is 0 Å². The van der Waals surface area contributed by atoms with Crippen molar-refractivity contribution in [2.75, 3.05) is 0 Å². The van der Waals surface area contributed by atoms with Crippen LogP contribution in [0.15, 0.2) is 42.5 Å². The van der Waals surface area contributed by atoms with E-state index in [-0.39, 0.29) is 5.69 Å². The second-order valence-electron chi connectivity index (χ2n) is 4.50. The lowest BCUT2D eigenvalue weighted by atomic mass is 10.1. The molecule has 0 saturated heterocycles. The summed E-state index contributed by atoms with van der Waals surface area (Å²) in [5, 5.41) is 12.5. The molecule has 0 spiro atoms. The second-order valence-corrected chi connectivity index (χ2v) is 4.94. The maximum absolute atomic E-state index is 12.4. The third kappa shape index (κ3) is 3.76. The number of rotatable bonds is 2. The Labute approximate surface area is 124 Å². The van der Waals surface area contributed by atoms with Crippen LogP contribution in [0.2, 0.25) is 5.02 Å². The van der Waals surface area contributed by atoms with Gasteiger partial charge in [0.1, 0.15) is 0 Å². The number of halogens is 4. The lowest BCUT2D eigenvalue weighted by Crippen LogP contribution is -2.05. The molecule has 0 aromatic heterocycles. The van der Waals surface area contributed by atoms with Crippen LogP contribution in [0.5, 0.6) is 0 Å². The van der Waals surface area contributed by atoms with Gasteiger partial charge in [-0.15, -0.1) is 0 Å². The van der Waals surface area contributed by atoms with Crippen LogP contribution in [0.4, 0.5) is 18.9 Å². The number of aryl methyl sites for hydroxylation is 1. The highest BCUT2D eigenvalue weighted by Crippen LogP contribution is 2.30. The van der Waals surface area contributed by atoms with Crippen molar-refractivity contribution in [3.05, 3.63) is 69.4 Å². The maximum Gasteiger partial charge on any atom is 0.416 e. The van der Waals surface area contributed by atoms with E-state index in [0.29, 0.717) is 15.3 Å². The molecule has 0 amide bonds. The first-order valence-corrected chi connectivity index (χ1v) is 6.40. The molecule has 0 saturated carbocycles. The molecule has 2 nitrogen and oxygen atoms in total. The summed E-state index contributed by atoms with van der Waals surface area (Å²) >= 11 is 5.82. The Hall–Kier alpha value is -2.01. The van der Waals surface area contributed by atoms with Gasteiger partial charge in [-0.3, -0.25) is 0 Å². The third-order valence-corrected chi connectivity index (χ3v) is 3.17. The molecule has 0 aliphatic heterocycles. The van der Waals surface area contributed by atoms with E-state index in [4.69, 9.17) is 11.6 Å². The lowest BCUT2D eigenvalue weighted by molar-refractivity contribution is -0.354. The number of nitrogens with zero attached hydrogens (tertiary/aromatic N) is 1. The van der Waals surface area contributed by atoms with Crippen LogP contribution in [0.25, 0.3) is 0 Å². The van der Waals surface area contributed by atoms with Gasteiger partial charge in [0.2, 0.25) is 5.69 Å². The highest BCUT2D eigenvalue weighted by atomic mass is 35.5. The van der Waals surface area contributed by atoms with Crippen molar-refractivity contribution >= 4 is 23.5 Å². The van der Waals surface area contributed by atoms with E-state index in [1.54, 1.807) is 25.1 Å². The Kier molecular flexibility index (Phi) is 4.23. The summed E-state index contributed by atoms with van der Waals surface area (Å²) in [7, 11) is 0. The molecule has 0 aliphatic carbocycles. The molecule has 21 heavy (non-hydrogen) atoms. The van der Waals surface area contributed by atoms with Gasteiger partial charge in [-0.25, -0.2) is 0 Å². The molecular formula is C15H11ClF3NO. The van der Waals surface area contributed by atoms with E-state index in [1.165, 1.54) is 6.21 Å². The van der Waals surface area contributed by atoms with Crippen molar-refractivity contribution in [1.29, 1.82) is 0 Å². The van der Waals surface area contributed by atoms with E-state index in [0.717, 1.165) is 29.8 Å². The van der Waals surface area contributed by atoms with E-state index < -0.39 is 11.7 Å². The van der Waals surface area contributed by atoms with Crippen molar-refractivity contribution in [2.45, 2.75) is 13.1 Å². The molecule has 2 aromatic carbocycles. The van der Waals surface area contributed by atoms with Gasteiger partial charge in [-0.1, -0.05) is 11.6 Å². The van der Waals surface area contributed by atoms with Crippen LogP contribution in [-0.4, -0.2) is 11.0 Å². The zero-order valence-corrected chi connectivity index (χ0v) is 11.7. The summed E-state index contributed by atoms with van der Waals surface area (Å²) in [6.07, 6.45) is -3.11. The lowest BCUT2D eigenvalue weighted by Gasteiger charge is -2.08. The fraction of sp³-hybridized carbons (Fsp3) is 0.133. The number of alkyl halides is 3. The predicted octanol–water partition coefficient (Wildman–Crippen LogP) is 4.93. The van der Waals surface area contributed by atoms with Crippen molar-refractivity contribution in [1.82, 2.24) is 0 Å². The van der Waals surface area contributed by atoms with E-state index in [9.17, 15) is 18.4 Å².